The first kappa shape index (κ1) is 9.52. The van der Waals surface area contributed by atoms with Gasteiger partial charge in [-0.15, -0.1) is 0 Å². The van der Waals surface area contributed by atoms with Gasteiger partial charge in [0.25, 0.3) is 0 Å². The van der Waals surface area contributed by atoms with E-state index in [9.17, 15) is 4.79 Å². The van der Waals surface area contributed by atoms with Gasteiger partial charge in [-0.1, -0.05) is 33.7 Å². The Morgan fingerprint density at radius 1 is 1.58 bits per heavy atom. The summed E-state index contributed by atoms with van der Waals surface area (Å²) in [5.41, 5.74) is 1.14. The van der Waals surface area contributed by atoms with Crippen molar-refractivity contribution in [2.45, 2.75) is 19.3 Å². The summed E-state index contributed by atoms with van der Waals surface area (Å²) in [6.45, 7) is 0. The molecule has 0 spiro atoms. The van der Waals surface area contributed by atoms with Crippen LogP contribution in [0, 0.1) is 0 Å². The van der Waals surface area contributed by atoms with Crippen LogP contribution in [0.4, 0.5) is 0 Å². The zero-order chi connectivity index (χ0) is 8.97. The SMILES string of the molecule is COC(=O)CC1=CC=C(Br)CC1. The van der Waals surface area contributed by atoms with Gasteiger partial charge in [-0.05, 0) is 17.3 Å². The first-order valence-electron chi connectivity index (χ1n) is 3.83. The highest BCUT2D eigenvalue weighted by Gasteiger charge is 2.08. The van der Waals surface area contributed by atoms with Crippen molar-refractivity contribution in [2.75, 3.05) is 7.11 Å². The summed E-state index contributed by atoms with van der Waals surface area (Å²) in [6, 6.07) is 0. The minimum absolute atomic E-state index is 0.160. The largest absolute Gasteiger partial charge is 0.469 e. The molecule has 0 amide bonds. The second-order valence-corrected chi connectivity index (χ2v) is 3.71. The average molecular weight is 231 g/mol. The summed E-state index contributed by atoms with van der Waals surface area (Å²) in [5.74, 6) is -0.160. The summed E-state index contributed by atoms with van der Waals surface area (Å²) < 4.78 is 5.76. The van der Waals surface area contributed by atoms with E-state index in [0.717, 1.165) is 18.4 Å². The Balaban J connectivity index is 2.49. The molecule has 0 fully saturated rings. The van der Waals surface area contributed by atoms with Gasteiger partial charge in [0.15, 0.2) is 0 Å². The van der Waals surface area contributed by atoms with Crippen LogP contribution in [-0.2, 0) is 9.53 Å². The van der Waals surface area contributed by atoms with Crippen molar-refractivity contribution >= 4 is 21.9 Å². The number of rotatable bonds is 2. The molecule has 0 aliphatic heterocycles. The van der Waals surface area contributed by atoms with E-state index in [0.29, 0.717) is 6.42 Å². The molecule has 0 aromatic heterocycles. The number of allylic oxidation sites excluding steroid dienone is 3. The Morgan fingerprint density at radius 3 is 2.83 bits per heavy atom. The number of carbonyl (C=O) groups excluding carboxylic acids is 1. The predicted octanol–water partition coefficient (Wildman–Crippen LogP) is 2.55. The van der Waals surface area contributed by atoms with E-state index in [1.54, 1.807) is 0 Å². The van der Waals surface area contributed by atoms with Gasteiger partial charge in [-0.3, -0.25) is 4.79 Å². The lowest BCUT2D eigenvalue weighted by atomic mass is 10.0. The quantitative estimate of drug-likeness (QED) is 0.682. The fourth-order valence-corrected chi connectivity index (χ4v) is 1.39. The molecule has 3 heteroatoms. The molecule has 0 saturated heterocycles. The van der Waals surface area contributed by atoms with Crippen molar-refractivity contribution in [3.05, 3.63) is 22.2 Å². The Bertz CT molecular complexity index is 241. The van der Waals surface area contributed by atoms with Crippen molar-refractivity contribution in [3.63, 3.8) is 0 Å². The van der Waals surface area contributed by atoms with Gasteiger partial charge in [0, 0.05) is 0 Å². The van der Waals surface area contributed by atoms with Crippen LogP contribution in [0.1, 0.15) is 19.3 Å². The van der Waals surface area contributed by atoms with E-state index >= 15 is 0 Å². The maximum atomic E-state index is 10.9. The van der Waals surface area contributed by atoms with E-state index in [-0.39, 0.29) is 5.97 Å². The van der Waals surface area contributed by atoms with Crippen LogP contribution in [0.15, 0.2) is 22.2 Å². The summed E-state index contributed by atoms with van der Waals surface area (Å²) >= 11 is 3.40. The molecule has 66 valence electrons. The summed E-state index contributed by atoms with van der Waals surface area (Å²) in [6.07, 6.45) is 6.33. The molecule has 0 aromatic rings. The number of carbonyl (C=O) groups is 1. The topological polar surface area (TPSA) is 26.3 Å². The number of ether oxygens (including phenoxy) is 1. The van der Waals surface area contributed by atoms with Gasteiger partial charge >= 0.3 is 5.97 Å². The van der Waals surface area contributed by atoms with Crippen molar-refractivity contribution in [3.8, 4) is 0 Å². The first-order valence-corrected chi connectivity index (χ1v) is 4.62. The molecule has 0 saturated carbocycles. The Morgan fingerprint density at radius 2 is 2.33 bits per heavy atom. The van der Waals surface area contributed by atoms with Gasteiger partial charge in [0.2, 0.25) is 0 Å². The van der Waals surface area contributed by atoms with Crippen LogP contribution >= 0.6 is 15.9 Å². The average Bonchev–Trinajstić information content (AvgIpc) is 2.09. The molecule has 0 aromatic carbocycles. The standard InChI is InChI=1S/C9H11BrO2/c1-12-9(11)6-7-2-4-8(10)5-3-7/h2,4H,3,5-6H2,1H3. The Kier molecular flexibility index (Phi) is 3.53. The highest BCUT2D eigenvalue weighted by atomic mass is 79.9. The lowest BCUT2D eigenvalue weighted by Crippen LogP contribution is -2.03. The third-order valence-corrected chi connectivity index (χ3v) is 2.44. The van der Waals surface area contributed by atoms with E-state index < -0.39 is 0 Å². The van der Waals surface area contributed by atoms with Crippen molar-refractivity contribution in [1.82, 2.24) is 0 Å². The molecule has 0 N–H and O–H groups in total. The molecule has 0 heterocycles. The molecule has 1 aliphatic carbocycles. The van der Waals surface area contributed by atoms with E-state index in [4.69, 9.17) is 0 Å². The zero-order valence-corrected chi connectivity index (χ0v) is 8.56. The first-order chi connectivity index (χ1) is 5.72. The fourth-order valence-electron chi connectivity index (χ4n) is 1.06. The van der Waals surface area contributed by atoms with Crippen molar-refractivity contribution in [1.29, 1.82) is 0 Å². The molecule has 12 heavy (non-hydrogen) atoms. The smallest absolute Gasteiger partial charge is 0.309 e. The lowest BCUT2D eigenvalue weighted by Gasteiger charge is -2.09. The van der Waals surface area contributed by atoms with Crippen molar-refractivity contribution in [2.24, 2.45) is 0 Å². The van der Waals surface area contributed by atoms with Crippen molar-refractivity contribution < 1.29 is 9.53 Å². The van der Waals surface area contributed by atoms with Crippen LogP contribution in [0.3, 0.4) is 0 Å². The maximum Gasteiger partial charge on any atom is 0.309 e. The fraction of sp³-hybridized carbons (Fsp3) is 0.444. The third-order valence-electron chi connectivity index (χ3n) is 1.78. The van der Waals surface area contributed by atoms with E-state index in [1.165, 1.54) is 11.6 Å². The van der Waals surface area contributed by atoms with Crippen LogP contribution in [0.2, 0.25) is 0 Å². The molecular formula is C9H11BrO2. The minimum atomic E-state index is -0.160. The number of esters is 1. The van der Waals surface area contributed by atoms with Crippen LogP contribution in [0.25, 0.3) is 0 Å². The lowest BCUT2D eigenvalue weighted by molar-refractivity contribution is -0.139. The molecule has 0 atom stereocenters. The number of hydrogen-bond donors (Lipinski definition) is 0. The van der Waals surface area contributed by atoms with Gasteiger partial charge < -0.3 is 4.74 Å². The normalized spacial score (nSPS) is 16.5. The highest BCUT2D eigenvalue weighted by molar-refractivity contribution is 9.11. The highest BCUT2D eigenvalue weighted by Crippen LogP contribution is 2.24. The third kappa shape index (κ3) is 2.81. The number of hydrogen-bond acceptors (Lipinski definition) is 2. The summed E-state index contributed by atoms with van der Waals surface area (Å²) in [5, 5.41) is 0. The second-order valence-electron chi connectivity index (χ2n) is 2.69. The zero-order valence-electron chi connectivity index (χ0n) is 6.97. The van der Waals surface area contributed by atoms with Crippen LogP contribution in [-0.4, -0.2) is 13.1 Å². The molecule has 0 unspecified atom stereocenters. The second kappa shape index (κ2) is 4.45. The Hall–Kier alpha value is -0.570. The molecule has 0 radical (unpaired) electrons. The molecule has 2 nitrogen and oxygen atoms in total. The number of halogens is 1. The monoisotopic (exact) mass is 230 g/mol. The van der Waals surface area contributed by atoms with Gasteiger partial charge in [0.05, 0.1) is 13.5 Å². The van der Waals surface area contributed by atoms with E-state index in [2.05, 4.69) is 20.7 Å². The minimum Gasteiger partial charge on any atom is -0.469 e. The summed E-state index contributed by atoms with van der Waals surface area (Å²) in [4.78, 5) is 10.9. The van der Waals surface area contributed by atoms with Crippen LogP contribution < -0.4 is 0 Å². The molecule has 1 aliphatic rings. The van der Waals surface area contributed by atoms with Gasteiger partial charge in [-0.25, -0.2) is 0 Å². The molecule has 1 rings (SSSR count). The van der Waals surface area contributed by atoms with Gasteiger partial charge in [-0.2, -0.15) is 0 Å². The number of methoxy groups -OCH3 is 1. The van der Waals surface area contributed by atoms with Crippen LogP contribution in [0.5, 0.6) is 0 Å². The maximum absolute atomic E-state index is 10.9. The molecule has 0 bridgehead atoms. The summed E-state index contributed by atoms with van der Waals surface area (Å²) in [7, 11) is 1.41. The molecular weight excluding hydrogens is 220 g/mol. The predicted molar refractivity (Wildman–Crippen MR) is 51.0 cm³/mol. The van der Waals surface area contributed by atoms with E-state index in [1.807, 2.05) is 12.2 Å². The Labute approximate surface area is 80.4 Å². The van der Waals surface area contributed by atoms with Gasteiger partial charge in [0.1, 0.15) is 0 Å².